The minimum Gasteiger partial charge on any atom is -0.494 e. The van der Waals surface area contributed by atoms with Crippen LogP contribution >= 0.6 is 11.8 Å². The Morgan fingerprint density at radius 1 is 1.16 bits per heavy atom. The molecular formula is C20H24N2O2S. The normalized spacial score (nSPS) is 11.2. The molecule has 132 valence electrons. The number of carbonyl (C=O) groups excluding carboxylic acids is 1. The maximum atomic E-state index is 11.9. The van der Waals surface area contributed by atoms with E-state index in [-0.39, 0.29) is 5.91 Å². The number of benzene rings is 2. The van der Waals surface area contributed by atoms with Crippen molar-refractivity contribution >= 4 is 23.4 Å². The summed E-state index contributed by atoms with van der Waals surface area (Å²) >= 11 is 1.59. The largest absolute Gasteiger partial charge is 0.494 e. The summed E-state index contributed by atoms with van der Waals surface area (Å²) < 4.78 is 5.42. The second-order valence-electron chi connectivity index (χ2n) is 5.61. The molecule has 0 saturated carbocycles. The zero-order chi connectivity index (χ0) is 18.1. The highest BCUT2D eigenvalue weighted by Crippen LogP contribution is 2.15. The van der Waals surface area contributed by atoms with Gasteiger partial charge in [-0.25, -0.2) is 5.43 Å². The number of nitrogens with one attached hydrogen (secondary N) is 1. The van der Waals surface area contributed by atoms with E-state index in [1.807, 2.05) is 50.2 Å². The second-order valence-corrected chi connectivity index (χ2v) is 6.59. The van der Waals surface area contributed by atoms with Crippen LogP contribution in [-0.2, 0) is 10.5 Å². The zero-order valence-corrected chi connectivity index (χ0v) is 15.7. The molecule has 1 N–H and O–H groups in total. The molecule has 0 heterocycles. The van der Waals surface area contributed by atoms with E-state index in [0.717, 1.165) is 22.8 Å². The van der Waals surface area contributed by atoms with Gasteiger partial charge < -0.3 is 4.74 Å². The quantitative estimate of drug-likeness (QED) is 0.570. The van der Waals surface area contributed by atoms with Crippen LogP contribution < -0.4 is 10.2 Å². The standard InChI is InChI=1S/C20H24N2O2S/c1-4-24-19-11-9-17(10-12-19)16(3)21-22-20(23)14-25-13-18-8-6-5-7-15(18)2/h5-12H,4,13-14H2,1-3H3,(H,22,23)/b21-16-. The fourth-order valence-electron chi connectivity index (χ4n) is 2.23. The predicted octanol–water partition coefficient (Wildman–Crippen LogP) is 4.17. The number of hydrogen-bond acceptors (Lipinski definition) is 4. The number of hydrogen-bond donors (Lipinski definition) is 1. The van der Waals surface area contributed by atoms with Crippen LogP contribution in [0.15, 0.2) is 53.6 Å². The molecule has 0 bridgehead atoms. The fourth-order valence-corrected chi connectivity index (χ4v) is 3.12. The Hall–Kier alpha value is -2.27. The van der Waals surface area contributed by atoms with Crippen molar-refractivity contribution in [1.82, 2.24) is 5.43 Å². The van der Waals surface area contributed by atoms with Crippen LogP contribution in [-0.4, -0.2) is 24.0 Å². The molecule has 1 amide bonds. The summed E-state index contributed by atoms with van der Waals surface area (Å²) in [5.74, 6) is 1.94. The molecule has 0 atom stereocenters. The Morgan fingerprint density at radius 3 is 2.56 bits per heavy atom. The molecule has 0 spiro atoms. The van der Waals surface area contributed by atoms with Gasteiger partial charge in [0.15, 0.2) is 0 Å². The second kappa shape index (κ2) is 9.89. The molecule has 2 aromatic rings. The van der Waals surface area contributed by atoms with Gasteiger partial charge in [0.2, 0.25) is 5.91 Å². The van der Waals surface area contributed by atoms with E-state index in [9.17, 15) is 4.79 Å². The van der Waals surface area contributed by atoms with Gasteiger partial charge in [-0.05, 0) is 61.7 Å². The smallest absolute Gasteiger partial charge is 0.250 e. The maximum absolute atomic E-state index is 11.9. The molecule has 2 aromatic carbocycles. The molecule has 0 unspecified atom stereocenters. The first-order valence-electron chi connectivity index (χ1n) is 8.28. The Kier molecular flexibility index (Phi) is 7.54. The first-order chi connectivity index (χ1) is 12.1. The highest BCUT2D eigenvalue weighted by atomic mass is 32.2. The minimum atomic E-state index is -0.0936. The molecule has 0 aliphatic carbocycles. The van der Waals surface area contributed by atoms with Crippen LogP contribution in [0.5, 0.6) is 5.75 Å². The van der Waals surface area contributed by atoms with Crippen molar-refractivity contribution in [2.24, 2.45) is 5.10 Å². The van der Waals surface area contributed by atoms with Gasteiger partial charge in [0, 0.05) is 5.75 Å². The third-order valence-electron chi connectivity index (χ3n) is 3.68. The molecule has 0 fully saturated rings. The lowest BCUT2D eigenvalue weighted by Gasteiger charge is -2.06. The predicted molar refractivity (Wildman–Crippen MR) is 105 cm³/mol. The van der Waals surface area contributed by atoms with Gasteiger partial charge in [-0.15, -0.1) is 11.8 Å². The summed E-state index contributed by atoms with van der Waals surface area (Å²) in [5.41, 5.74) is 6.85. The summed E-state index contributed by atoms with van der Waals surface area (Å²) in [4.78, 5) is 11.9. The lowest BCUT2D eigenvalue weighted by atomic mass is 10.1. The molecule has 0 radical (unpaired) electrons. The van der Waals surface area contributed by atoms with E-state index in [1.54, 1.807) is 11.8 Å². The summed E-state index contributed by atoms with van der Waals surface area (Å²) in [7, 11) is 0. The first kappa shape index (κ1) is 19.1. The van der Waals surface area contributed by atoms with E-state index in [4.69, 9.17) is 4.74 Å². The van der Waals surface area contributed by atoms with Crippen LogP contribution in [0.25, 0.3) is 0 Å². The highest BCUT2D eigenvalue weighted by Gasteiger charge is 2.04. The van der Waals surface area contributed by atoms with E-state index >= 15 is 0 Å². The van der Waals surface area contributed by atoms with Crippen molar-refractivity contribution in [3.63, 3.8) is 0 Å². The van der Waals surface area contributed by atoms with Crippen LogP contribution in [0.3, 0.4) is 0 Å². The van der Waals surface area contributed by atoms with Gasteiger partial charge in [0.25, 0.3) is 0 Å². The Labute approximate surface area is 153 Å². The van der Waals surface area contributed by atoms with Gasteiger partial charge in [-0.1, -0.05) is 24.3 Å². The van der Waals surface area contributed by atoms with Crippen LogP contribution in [0.4, 0.5) is 0 Å². The number of carbonyl (C=O) groups is 1. The maximum Gasteiger partial charge on any atom is 0.250 e. The number of amides is 1. The minimum absolute atomic E-state index is 0.0936. The molecule has 0 aromatic heterocycles. The third kappa shape index (κ3) is 6.27. The van der Waals surface area contributed by atoms with Crippen molar-refractivity contribution in [2.75, 3.05) is 12.4 Å². The fraction of sp³-hybridized carbons (Fsp3) is 0.300. The SMILES string of the molecule is CCOc1ccc(/C(C)=N\NC(=O)CSCc2ccccc2C)cc1. The van der Waals surface area contributed by atoms with Crippen molar-refractivity contribution in [2.45, 2.75) is 26.5 Å². The van der Waals surface area contributed by atoms with Gasteiger partial charge in [0.05, 0.1) is 18.1 Å². The lowest BCUT2D eigenvalue weighted by Crippen LogP contribution is -2.21. The molecule has 0 aliphatic rings. The topological polar surface area (TPSA) is 50.7 Å². The monoisotopic (exact) mass is 356 g/mol. The van der Waals surface area contributed by atoms with Gasteiger partial charge in [0.1, 0.15) is 5.75 Å². The summed E-state index contributed by atoms with van der Waals surface area (Å²) in [6.07, 6.45) is 0. The molecule has 4 nitrogen and oxygen atoms in total. The van der Waals surface area contributed by atoms with E-state index in [1.165, 1.54) is 11.1 Å². The van der Waals surface area contributed by atoms with Gasteiger partial charge in [-0.2, -0.15) is 5.10 Å². The molecule has 0 saturated heterocycles. The van der Waals surface area contributed by atoms with E-state index in [0.29, 0.717) is 12.4 Å². The number of aryl methyl sites for hydroxylation is 1. The van der Waals surface area contributed by atoms with E-state index in [2.05, 4.69) is 29.6 Å². The Bertz CT molecular complexity index is 727. The van der Waals surface area contributed by atoms with Crippen molar-refractivity contribution in [1.29, 1.82) is 0 Å². The van der Waals surface area contributed by atoms with Crippen molar-refractivity contribution in [3.8, 4) is 5.75 Å². The molecular weight excluding hydrogens is 332 g/mol. The van der Waals surface area contributed by atoms with Crippen LogP contribution in [0.1, 0.15) is 30.5 Å². The molecule has 0 aliphatic heterocycles. The van der Waals surface area contributed by atoms with Crippen molar-refractivity contribution in [3.05, 3.63) is 65.2 Å². The summed E-state index contributed by atoms with van der Waals surface area (Å²) in [6, 6.07) is 15.9. The number of hydrazone groups is 1. The molecule has 25 heavy (non-hydrogen) atoms. The highest BCUT2D eigenvalue weighted by molar-refractivity contribution is 7.99. The average molecular weight is 356 g/mol. The Morgan fingerprint density at radius 2 is 1.88 bits per heavy atom. The Balaban J connectivity index is 1.79. The van der Waals surface area contributed by atoms with Gasteiger partial charge in [-0.3, -0.25) is 4.79 Å². The number of ether oxygens (including phenoxy) is 1. The van der Waals surface area contributed by atoms with Crippen LogP contribution in [0, 0.1) is 6.92 Å². The third-order valence-corrected chi connectivity index (χ3v) is 4.66. The average Bonchev–Trinajstić information content (AvgIpc) is 2.62. The lowest BCUT2D eigenvalue weighted by molar-refractivity contribution is -0.118. The van der Waals surface area contributed by atoms with Crippen LogP contribution in [0.2, 0.25) is 0 Å². The first-order valence-corrected chi connectivity index (χ1v) is 9.44. The van der Waals surface area contributed by atoms with Crippen molar-refractivity contribution < 1.29 is 9.53 Å². The number of rotatable bonds is 8. The van der Waals surface area contributed by atoms with Gasteiger partial charge >= 0.3 is 0 Å². The number of thioether (sulfide) groups is 1. The summed E-state index contributed by atoms with van der Waals surface area (Å²) in [6.45, 7) is 6.55. The number of nitrogens with zero attached hydrogens (tertiary/aromatic N) is 1. The van der Waals surface area contributed by atoms with E-state index < -0.39 is 0 Å². The molecule has 5 heteroatoms. The summed E-state index contributed by atoms with van der Waals surface area (Å²) in [5, 5.41) is 4.18. The molecule has 2 rings (SSSR count). The zero-order valence-electron chi connectivity index (χ0n) is 14.9.